The first-order chi connectivity index (χ1) is 15.8. The molecule has 0 unspecified atom stereocenters. The molecule has 0 aromatic carbocycles. The number of alkyl halides is 2. The molecule has 10 nitrogen and oxygen atoms in total. The number of rotatable bonds is 9. The third-order valence-electron chi connectivity index (χ3n) is 5.91. The molecule has 1 amide bonds. The number of ether oxygens (including phenoxy) is 1. The van der Waals surface area contributed by atoms with E-state index in [-0.39, 0.29) is 24.7 Å². The summed E-state index contributed by atoms with van der Waals surface area (Å²) in [5.74, 6) is 0.561. The number of H-pyrrole nitrogens is 1. The van der Waals surface area contributed by atoms with Gasteiger partial charge in [-0.3, -0.25) is 9.89 Å². The summed E-state index contributed by atoms with van der Waals surface area (Å²) in [6.07, 6.45) is -0.534. The topological polar surface area (TPSA) is 120 Å². The molecular formula is C21H31F2N7O3. The zero-order chi connectivity index (χ0) is 24.1. The second-order valence-corrected chi connectivity index (χ2v) is 8.23. The van der Waals surface area contributed by atoms with Gasteiger partial charge in [-0.25, -0.2) is 0 Å². The van der Waals surface area contributed by atoms with Crippen LogP contribution in [0.5, 0.6) is 5.88 Å². The number of aromatic nitrogens is 4. The fraction of sp³-hybridized carbons (Fsp3) is 0.619. The second-order valence-electron chi connectivity index (χ2n) is 8.23. The molecule has 3 N–H and O–H groups in total. The van der Waals surface area contributed by atoms with Gasteiger partial charge < -0.3 is 25.0 Å². The van der Waals surface area contributed by atoms with Gasteiger partial charge in [-0.2, -0.15) is 23.8 Å². The number of anilines is 3. The van der Waals surface area contributed by atoms with Crippen molar-refractivity contribution in [3.8, 4) is 5.88 Å². The van der Waals surface area contributed by atoms with E-state index in [0.717, 1.165) is 6.42 Å². The predicted molar refractivity (Wildman–Crippen MR) is 119 cm³/mol. The van der Waals surface area contributed by atoms with Gasteiger partial charge in [0.2, 0.25) is 11.8 Å². The van der Waals surface area contributed by atoms with Gasteiger partial charge in [-0.15, -0.1) is 0 Å². The first-order valence-corrected chi connectivity index (χ1v) is 11.0. The van der Waals surface area contributed by atoms with Crippen LogP contribution < -0.4 is 15.0 Å². The monoisotopic (exact) mass is 467 g/mol. The van der Waals surface area contributed by atoms with Crippen LogP contribution in [0.4, 0.5) is 26.4 Å². The van der Waals surface area contributed by atoms with E-state index in [1.807, 2.05) is 18.9 Å². The lowest BCUT2D eigenvalue weighted by molar-refractivity contribution is -0.150. The van der Waals surface area contributed by atoms with Crippen LogP contribution in [-0.2, 0) is 11.4 Å². The minimum atomic E-state index is -3.01. The number of carbonyl (C=O) groups is 1. The third-order valence-corrected chi connectivity index (χ3v) is 5.91. The number of aromatic amines is 1. The number of aliphatic hydroxyl groups excluding tert-OH is 1. The van der Waals surface area contributed by atoms with Gasteiger partial charge in [0.25, 0.3) is 5.91 Å². The molecule has 3 atom stereocenters. The summed E-state index contributed by atoms with van der Waals surface area (Å²) in [5.41, 5.74) is 0.553. The number of hydrogen-bond donors (Lipinski definition) is 3. The van der Waals surface area contributed by atoms with Crippen LogP contribution in [-0.4, -0.2) is 74.8 Å². The molecule has 2 aromatic rings. The molecular weight excluding hydrogens is 436 g/mol. The van der Waals surface area contributed by atoms with E-state index in [1.54, 1.807) is 19.1 Å². The van der Waals surface area contributed by atoms with Gasteiger partial charge in [0.05, 0.1) is 19.4 Å². The van der Waals surface area contributed by atoms with Crippen molar-refractivity contribution < 1.29 is 23.4 Å². The van der Waals surface area contributed by atoms with E-state index in [4.69, 9.17) is 4.74 Å². The Morgan fingerprint density at radius 3 is 2.73 bits per heavy atom. The zero-order valence-corrected chi connectivity index (χ0v) is 19.3. The Hall–Kier alpha value is -3.02. The molecule has 1 aliphatic heterocycles. The average molecular weight is 468 g/mol. The van der Waals surface area contributed by atoms with Crippen LogP contribution in [0.1, 0.15) is 45.2 Å². The van der Waals surface area contributed by atoms with Crippen molar-refractivity contribution in [3.05, 3.63) is 17.8 Å². The standard InChI is InChI=1S/C21H31F2N7O3/c1-5-6-14-9-15(7-12(2)30(14)20(32)19(22)23)29(3)21-25-16(10-18(26-21)33-4)24-17-8-13(11-31)27-28-17/h8,10,12,14-15,19,31H,5-7,9,11H2,1-4H3,(H2,24,25,26,27,28)/t12-,14+,15-/m1/s1. The zero-order valence-electron chi connectivity index (χ0n) is 19.3. The van der Waals surface area contributed by atoms with E-state index in [9.17, 15) is 18.7 Å². The molecule has 1 saturated heterocycles. The molecule has 0 bridgehead atoms. The van der Waals surface area contributed by atoms with E-state index < -0.39 is 12.3 Å². The largest absolute Gasteiger partial charge is 0.481 e. The van der Waals surface area contributed by atoms with E-state index in [2.05, 4.69) is 25.5 Å². The van der Waals surface area contributed by atoms with Gasteiger partial charge in [-0.1, -0.05) is 13.3 Å². The number of carbonyl (C=O) groups excluding carboxylic acids is 1. The lowest BCUT2D eigenvalue weighted by atomic mass is 9.88. The van der Waals surface area contributed by atoms with Crippen LogP contribution in [0, 0.1) is 0 Å². The Balaban J connectivity index is 1.83. The Morgan fingerprint density at radius 1 is 1.36 bits per heavy atom. The van der Waals surface area contributed by atoms with Crippen molar-refractivity contribution in [1.82, 2.24) is 25.1 Å². The molecule has 2 aromatic heterocycles. The van der Waals surface area contributed by atoms with Crippen molar-refractivity contribution in [3.63, 3.8) is 0 Å². The summed E-state index contributed by atoms with van der Waals surface area (Å²) in [4.78, 5) is 24.4. The maximum atomic E-state index is 13.2. The minimum absolute atomic E-state index is 0.0513. The van der Waals surface area contributed by atoms with Crippen molar-refractivity contribution in [2.45, 2.75) is 70.7 Å². The maximum absolute atomic E-state index is 13.2. The van der Waals surface area contributed by atoms with Crippen LogP contribution in [0.2, 0.25) is 0 Å². The van der Waals surface area contributed by atoms with Gasteiger partial charge in [-0.05, 0) is 26.2 Å². The van der Waals surface area contributed by atoms with Gasteiger partial charge in [0, 0.05) is 37.3 Å². The second kappa shape index (κ2) is 10.7. The Kier molecular flexibility index (Phi) is 8.01. The quantitative estimate of drug-likeness (QED) is 0.515. The van der Waals surface area contributed by atoms with E-state index in [1.165, 1.54) is 12.0 Å². The number of nitrogens with one attached hydrogen (secondary N) is 2. The molecule has 182 valence electrons. The number of hydrogen-bond acceptors (Lipinski definition) is 8. The lowest BCUT2D eigenvalue weighted by Crippen LogP contribution is -2.57. The highest BCUT2D eigenvalue weighted by Crippen LogP contribution is 2.32. The molecule has 0 spiro atoms. The number of amides is 1. The van der Waals surface area contributed by atoms with Crippen molar-refractivity contribution in [2.75, 3.05) is 24.4 Å². The van der Waals surface area contributed by atoms with E-state index >= 15 is 0 Å². The highest BCUT2D eigenvalue weighted by Gasteiger charge is 2.40. The number of likely N-dealkylation sites (tertiary alicyclic amines) is 1. The first kappa shape index (κ1) is 24.6. The summed E-state index contributed by atoms with van der Waals surface area (Å²) in [6, 6.07) is 2.61. The molecule has 12 heteroatoms. The van der Waals surface area contributed by atoms with Crippen molar-refractivity contribution in [2.24, 2.45) is 0 Å². The van der Waals surface area contributed by atoms with Gasteiger partial charge in [0.1, 0.15) is 5.82 Å². The van der Waals surface area contributed by atoms with Crippen LogP contribution in [0.25, 0.3) is 0 Å². The Bertz CT molecular complexity index is 942. The molecule has 1 fully saturated rings. The van der Waals surface area contributed by atoms with Gasteiger partial charge in [0.15, 0.2) is 5.82 Å². The predicted octanol–water partition coefficient (Wildman–Crippen LogP) is 2.69. The Labute approximate surface area is 191 Å². The fourth-order valence-electron chi connectivity index (χ4n) is 4.35. The first-order valence-electron chi connectivity index (χ1n) is 11.0. The number of aliphatic hydroxyl groups is 1. The minimum Gasteiger partial charge on any atom is -0.481 e. The molecule has 3 heterocycles. The summed E-state index contributed by atoms with van der Waals surface area (Å²) in [5, 5.41) is 19.0. The lowest BCUT2D eigenvalue weighted by Gasteiger charge is -2.46. The van der Waals surface area contributed by atoms with Crippen molar-refractivity contribution >= 4 is 23.5 Å². The maximum Gasteiger partial charge on any atom is 0.315 e. The average Bonchev–Trinajstić information content (AvgIpc) is 3.25. The van der Waals surface area contributed by atoms with E-state index in [0.29, 0.717) is 48.4 Å². The fourth-order valence-corrected chi connectivity index (χ4v) is 4.35. The third kappa shape index (κ3) is 5.67. The summed E-state index contributed by atoms with van der Waals surface area (Å²) in [7, 11) is 3.35. The molecule has 1 aliphatic rings. The highest BCUT2D eigenvalue weighted by molar-refractivity contribution is 5.80. The molecule has 0 radical (unpaired) electrons. The number of methoxy groups -OCH3 is 1. The summed E-state index contributed by atoms with van der Waals surface area (Å²) < 4.78 is 31.7. The number of piperidine rings is 1. The highest BCUT2D eigenvalue weighted by atomic mass is 19.3. The summed E-state index contributed by atoms with van der Waals surface area (Å²) in [6.45, 7) is 3.61. The molecule has 33 heavy (non-hydrogen) atoms. The van der Waals surface area contributed by atoms with Crippen molar-refractivity contribution in [1.29, 1.82) is 0 Å². The molecule has 3 rings (SSSR count). The van der Waals surface area contributed by atoms with Gasteiger partial charge >= 0.3 is 6.43 Å². The number of halogens is 2. The SMILES string of the molecule is CCC[C@H]1C[C@H](N(C)c2nc(Nc3cc(CO)[nH]n3)cc(OC)n2)C[C@@H](C)N1C(=O)C(F)F. The molecule has 0 aliphatic carbocycles. The summed E-state index contributed by atoms with van der Waals surface area (Å²) >= 11 is 0. The molecule has 0 saturated carbocycles. The van der Waals surface area contributed by atoms with Crippen LogP contribution >= 0.6 is 0 Å². The number of nitrogens with zero attached hydrogens (tertiary/aromatic N) is 5. The van der Waals surface area contributed by atoms with Crippen LogP contribution in [0.3, 0.4) is 0 Å². The van der Waals surface area contributed by atoms with Crippen LogP contribution in [0.15, 0.2) is 12.1 Å². The normalized spacial score (nSPS) is 20.7. The Morgan fingerprint density at radius 2 is 2.12 bits per heavy atom. The smallest absolute Gasteiger partial charge is 0.315 e.